The van der Waals surface area contributed by atoms with Crippen molar-refractivity contribution in [3.8, 4) is 5.88 Å². The average Bonchev–Trinajstić information content (AvgIpc) is 2.19. The molecule has 0 aromatic carbocycles. The zero-order chi connectivity index (χ0) is 11.3. The minimum atomic E-state index is -0.479. The fraction of sp³-hybridized carbons (Fsp3) is 0.500. The Balaban J connectivity index is 2.56. The molecule has 0 N–H and O–H groups in total. The van der Waals surface area contributed by atoms with Gasteiger partial charge >= 0.3 is 0 Å². The lowest BCUT2D eigenvalue weighted by Crippen LogP contribution is -2.20. The highest BCUT2D eigenvalue weighted by atomic mass is 79.9. The normalized spacial score (nSPS) is 12.5. The first-order chi connectivity index (χ1) is 7.13. The van der Waals surface area contributed by atoms with E-state index in [1.807, 2.05) is 6.92 Å². The summed E-state index contributed by atoms with van der Waals surface area (Å²) in [5, 5.41) is 0. The zero-order valence-electron chi connectivity index (χ0n) is 8.67. The van der Waals surface area contributed by atoms with Crippen LogP contribution in [0.15, 0.2) is 16.7 Å². The molecule has 15 heavy (non-hydrogen) atoms. The molecular formula is C10H13BrFNO2. The first-order valence-corrected chi connectivity index (χ1v) is 5.48. The Bertz CT molecular complexity index is 322. The first kappa shape index (κ1) is 12.4. The van der Waals surface area contributed by atoms with Crippen LogP contribution < -0.4 is 4.74 Å². The molecule has 0 amide bonds. The molecular weight excluding hydrogens is 265 g/mol. The molecule has 84 valence electrons. The number of hydrogen-bond donors (Lipinski definition) is 0. The van der Waals surface area contributed by atoms with Gasteiger partial charge in [-0.05, 0) is 35.8 Å². The Morgan fingerprint density at radius 3 is 2.93 bits per heavy atom. The molecule has 0 aliphatic carbocycles. The van der Waals surface area contributed by atoms with Gasteiger partial charge in [0.25, 0.3) is 5.88 Å². The topological polar surface area (TPSA) is 31.4 Å². The summed E-state index contributed by atoms with van der Waals surface area (Å²) < 4.78 is 24.3. The van der Waals surface area contributed by atoms with E-state index in [2.05, 4.69) is 20.9 Å². The standard InChI is InChI=1S/C10H13BrFNO2/c1-3-14-6-7(2)15-10-9(12)4-8(11)5-13-10/h4-5,7H,3,6H2,1-2H3. The smallest absolute Gasteiger partial charge is 0.250 e. The summed E-state index contributed by atoms with van der Waals surface area (Å²) in [4.78, 5) is 3.83. The second kappa shape index (κ2) is 6.02. The van der Waals surface area contributed by atoms with Crippen LogP contribution in [0.3, 0.4) is 0 Å². The predicted molar refractivity (Wildman–Crippen MR) is 58.5 cm³/mol. The van der Waals surface area contributed by atoms with Crippen molar-refractivity contribution in [1.82, 2.24) is 4.98 Å². The van der Waals surface area contributed by atoms with E-state index in [4.69, 9.17) is 9.47 Å². The maximum atomic E-state index is 13.3. The Kier molecular flexibility index (Phi) is 4.98. The number of pyridine rings is 1. The van der Waals surface area contributed by atoms with Crippen LogP contribution in [0, 0.1) is 5.82 Å². The van der Waals surface area contributed by atoms with Gasteiger partial charge in [-0.25, -0.2) is 9.37 Å². The summed E-state index contributed by atoms with van der Waals surface area (Å²) in [7, 11) is 0. The van der Waals surface area contributed by atoms with Crippen molar-refractivity contribution in [3.05, 3.63) is 22.6 Å². The van der Waals surface area contributed by atoms with E-state index < -0.39 is 5.82 Å². The molecule has 1 atom stereocenters. The minimum Gasteiger partial charge on any atom is -0.470 e. The molecule has 0 radical (unpaired) electrons. The van der Waals surface area contributed by atoms with E-state index in [1.54, 1.807) is 6.92 Å². The van der Waals surface area contributed by atoms with E-state index in [-0.39, 0.29) is 12.0 Å². The molecule has 3 nitrogen and oxygen atoms in total. The largest absolute Gasteiger partial charge is 0.470 e. The lowest BCUT2D eigenvalue weighted by molar-refractivity contribution is 0.0610. The van der Waals surface area contributed by atoms with Crippen LogP contribution in [0.4, 0.5) is 4.39 Å². The highest BCUT2D eigenvalue weighted by Crippen LogP contribution is 2.18. The minimum absolute atomic E-state index is 0.00500. The summed E-state index contributed by atoms with van der Waals surface area (Å²) in [5.41, 5.74) is 0. The monoisotopic (exact) mass is 277 g/mol. The van der Waals surface area contributed by atoms with Crippen molar-refractivity contribution >= 4 is 15.9 Å². The molecule has 0 aliphatic rings. The van der Waals surface area contributed by atoms with E-state index in [1.165, 1.54) is 12.3 Å². The van der Waals surface area contributed by atoms with E-state index >= 15 is 0 Å². The van der Waals surface area contributed by atoms with Crippen molar-refractivity contribution < 1.29 is 13.9 Å². The van der Waals surface area contributed by atoms with Crippen molar-refractivity contribution in [2.75, 3.05) is 13.2 Å². The maximum Gasteiger partial charge on any atom is 0.250 e. The van der Waals surface area contributed by atoms with Crippen molar-refractivity contribution in [2.45, 2.75) is 20.0 Å². The summed E-state index contributed by atoms with van der Waals surface area (Å²) in [6.07, 6.45) is 1.28. The lowest BCUT2D eigenvalue weighted by Gasteiger charge is -2.13. The van der Waals surface area contributed by atoms with Gasteiger partial charge in [-0.2, -0.15) is 0 Å². The quantitative estimate of drug-likeness (QED) is 0.830. The fourth-order valence-corrected chi connectivity index (χ4v) is 1.30. The molecule has 1 heterocycles. The summed E-state index contributed by atoms with van der Waals surface area (Å²) in [5.74, 6) is -0.474. The van der Waals surface area contributed by atoms with Gasteiger partial charge in [-0.15, -0.1) is 0 Å². The molecule has 0 aliphatic heterocycles. The van der Waals surface area contributed by atoms with Gasteiger partial charge in [-0.3, -0.25) is 0 Å². The fourth-order valence-electron chi connectivity index (χ4n) is 0.997. The number of rotatable bonds is 5. The molecule has 0 saturated heterocycles. The van der Waals surface area contributed by atoms with Gasteiger partial charge in [0.2, 0.25) is 0 Å². The Morgan fingerprint density at radius 1 is 1.60 bits per heavy atom. The van der Waals surface area contributed by atoms with E-state index in [9.17, 15) is 4.39 Å². The molecule has 1 aromatic rings. The van der Waals surface area contributed by atoms with Crippen LogP contribution >= 0.6 is 15.9 Å². The van der Waals surface area contributed by atoms with Crippen molar-refractivity contribution in [3.63, 3.8) is 0 Å². The van der Waals surface area contributed by atoms with Crippen LogP contribution in [0.5, 0.6) is 5.88 Å². The highest BCUT2D eigenvalue weighted by Gasteiger charge is 2.10. The maximum absolute atomic E-state index is 13.3. The second-order valence-electron chi connectivity index (χ2n) is 3.03. The Hall–Kier alpha value is -0.680. The summed E-state index contributed by atoms with van der Waals surface area (Å²) in [6, 6.07) is 1.32. The number of nitrogens with zero attached hydrogens (tertiary/aromatic N) is 1. The third kappa shape index (κ3) is 4.13. The molecule has 1 aromatic heterocycles. The highest BCUT2D eigenvalue weighted by molar-refractivity contribution is 9.10. The number of aromatic nitrogens is 1. The van der Waals surface area contributed by atoms with E-state index in [0.29, 0.717) is 17.7 Å². The Labute approximate surface area is 96.7 Å². The lowest BCUT2D eigenvalue weighted by atomic mass is 10.4. The SMILES string of the molecule is CCOCC(C)Oc1ncc(Br)cc1F. The summed E-state index contributed by atoms with van der Waals surface area (Å²) in [6.45, 7) is 4.74. The molecule has 1 unspecified atom stereocenters. The van der Waals surface area contributed by atoms with Gasteiger partial charge in [0.15, 0.2) is 5.82 Å². The average molecular weight is 278 g/mol. The van der Waals surface area contributed by atoms with Gasteiger partial charge in [-0.1, -0.05) is 0 Å². The first-order valence-electron chi connectivity index (χ1n) is 4.69. The van der Waals surface area contributed by atoms with Crippen LogP contribution in [-0.2, 0) is 4.74 Å². The zero-order valence-corrected chi connectivity index (χ0v) is 10.3. The number of halogens is 2. The van der Waals surface area contributed by atoms with Crippen LogP contribution in [0.25, 0.3) is 0 Å². The second-order valence-corrected chi connectivity index (χ2v) is 3.94. The van der Waals surface area contributed by atoms with Crippen molar-refractivity contribution in [2.24, 2.45) is 0 Å². The Morgan fingerprint density at radius 2 is 2.33 bits per heavy atom. The van der Waals surface area contributed by atoms with Gasteiger partial charge < -0.3 is 9.47 Å². The van der Waals surface area contributed by atoms with Crippen LogP contribution in [0.2, 0.25) is 0 Å². The molecule has 0 spiro atoms. The molecule has 5 heteroatoms. The van der Waals surface area contributed by atoms with Gasteiger partial charge in [0, 0.05) is 17.3 Å². The predicted octanol–water partition coefficient (Wildman–Crippen LogP) is 2.79. The summed E-state index contributed by atoms with van der Waals surface area (Å²) >= 11 is 3.12. The molecule has 0 fully saturated rings. The van der Waals surface area contributed by atoms with Gasteiger partial charge in [0.05, 0.1) is 6.61 Å². The molecule has 0 bridgehead atoms. The van der Waals surface area contributed by atoms with Gasteiger partial charge in [0.1, 0.15) is 6.10 Å². The molecule has 1 rings (SSSR count). The van der Waals surface area contributed by atoms with Crippen molar-refractivity contribution in [1.29, 1.82) is 0 Å². The third-order valence-electron chi connectivity index (χ3n) is 1.64. The molecule has 0 saturated carbocycles. The van der Waals surface area contributed by atoms with Crippen LogP contribution in [0.1, 0.15) is 13.8 Å². The van der Waals surface area contributed by atoms with Crippen LogP contribution in [-0.4, -0.2) is 24.3 Å². The van der Waals surface area contributed by atoms with E-state index in [0.717, 1.165) is 0 Å². The third-order valence-corrected chi connectivity index (χ3v) is 2.08. The number of hydrogen-bond acceptors (Lipinski definition) is 3. The number of ether oxygens (including phenoxy) is 2.